The second-order valence-corrected chi connectivity index (χ2v) is 9.09. The Kier molecular flexibility index (Phi) is 6.35. The van der Waals surface area contributed by atoms with Crippen LogP contribution in [0.5, 0.6) is 0 Å². The molecule has 4 rings (SSSR count). The third kappa shape index (κ3) is 4.09. The minimum absolute atomic E-state index is 0.0139. The van der Waals surface area contributed by atoms with Crippen molar-refractivity contribution < 1.29 is 0 Å². The van der Waals surface area contributed by atoms with Gasteiger partial charge in [0.05, 0.1) is 17.8 Å². The minimum atomic E-state index is 0.0139. The maximum atomic E-state index is 6.35. The standard InChI is InChI=1S/C25H29ClN4S/c1-5-6-13-29-24(23(28-25(29)31)21-9-7-8-12-27-21)20-14-17(3)30(18(20)4)22-15-19(26)11-10-16(22)2/h7-12,14-15,23-24H,5-6,13H2,1-4H3,(H,28,31). The molecular formula is C25H29ClN4S. The van der Waals surface area contributed by atoms with Crippen LogP contribution in [0.3, 0.4) is 0 Å². The first-order valence-electron chi connectivity index (χ1n) is 10.9. The molecule has 0 saturated carbocycles. The zero-order valence-electron chi connectivity index (χ0n) is 18.5. The van der Waals surface area contributed by atoms with Crippen molar-refractivity contribution in [2.24, 2.45) is 0 Å². The predicted molar refractivity (Wildman–Crippen MR) is 132 cm³/mol. The normalized spacial score (nSPS) is 18.5. The second-order valence-electron chi connectivity index (χ2n) is 8.27. The maximum absolute atomic E-state index is 6.35. The Hall–Kier alpha value is -2.37. The van der Waals surface area contributed by atoms with Gasteiger partial charge in [-0.25, -0.2) is 0 Å². The first-order chi connectivity index (χ1) is 14.9. The molecular weight excluding hydrogens is 424 g/mol. The third-order valence-corrected chi connectivity index (χ3v) is 6.74. The quantitative estimate of drug-likeness (QED) is 0.450. The number of hydrogen-bond donors (Lipinski definition) is 1. The van der Waals surface area contributed by atoms with E-state index in [4.69, 9.17) is 23.8 Å². The average molecular weight is 453 g/mol. The van der Waals surface area contributed by atoms with Crippen LogP contribution in [-0.2, 0) is 0 Å². The van der Waals surface area contributed by atoms with E-state index in [0.29, 0.717) is 0 Å². The van der Waals surface area contributed by atoms with Crippen molar-refractivity contribution in [3.05, 3.63) is 81.9 Å². The zero-order chi connectivity index (χ0) is 22.1. The number of aryl methyl sites for hydroxylation is 2. The Morgan fingerprint density at radius 2 is 1.94 bits per heavy atom. The molecule has 1 saturated heterocycles. The van der Waals surface area contributed by atoms with Gasteiger partial charge in [0.1, 0.15) is 0 Å². The minimum Gasteiger partial charge on any atom is -0.352 e. The molecule has 3 heterocycles. The highest BCUT2D eigenvalue weighted by Gasteiger charge is 2.41. The number of unbranched alkanes of at least 4 members (excludes halogenated alkanes) is 1. The number of thiocarbonyl (C=S) groups is 1. The molecule has 0 amide bonds. The van der Waals surface area contributed by atoms with Crippen LogP contribution in [0.2, 0.25) is 5.02 Å². The molecule has 1 aromatic carbocycles. The Morgan fingerprint density at radius 3 is 2.65 bits per heavy atom. The molecule has 31 heavy (non-hydrogen) atoms. The highest BCUT2D eigenvalue weighted by molar-refractivity contribution is 7.80. The van der Waals surface area contributed by atoms with E-state index >= 15 is 0 Å². The lowest BCUT2D eigenvalue weighted by molar-refractivity contribution is 0.312. The fraction of sp³-hybridized carbons (Fsp3) is 0.360. The fourth-order valence-electron chi connectivity index (χ4n) is 4.59. The van der Waals surface area contributed by atoms with Gasteiger partial charge in [0.2, 0.25) is 0 Å². The molecule has 1 N–H and O–H groups in total. The largest absolute Gasteiger partial charge is 0.352 e. The summed E-state index contributed by atoms with van der Waals surface area (Å²) in [4.78, 5) is 7.00. The lowest BCUT2D eigenvalue weighted by Gasteiger charge is -2.28. The molecule has 0 bridgehead atoms. The highest BCUT2D eigenvalue weighted by Crippen LogP contribution is 2.41. The Morgan fingerprint density at radius 1 is 1.13 bits per heavy atom. The summed E-state index contributed by atoms with van der Waals surface area (Å²) < 4.78 is 2.31. The van der Waals surface area contributed by atoms with Gasteiger partial charge in [-0.1, -0.05) is 37.1 Å². The van der Waals surface area contributed by atoms with E-state index in [9.17, 15) is 0 Å². The van der Waals surface area contributed by atoms with E-state index in [1.54, 1.807) is 0 Å². The Balaban J connectivity index is 1.84. The molecule has 0 aliphatic carbocycles. The Labute approximate surface area is 195 Å². The van der Waals surface area contributed by atoms with Gasteiger partial charge in [-0.05, 0) is 80.9 Å². The van der Waals surface area contributed by atoms with Gasteiger partial charge >= 0.3 is 0 Å². The van der Waals surface area contributed by atoms with Gasteiger partial charge in [0.15, 0.2) is 5.11 Å². The summed E-state index contributed by atoms with van der Waals surface area (Å²) in [6.45, 7) is 9.61. The summed E-state index contributed by atoms with van der Waals surface area (Å²) in [7, 11) is 0. The monoisotopic (exact) mass is 452 g/mol. The molecule has 3 aromatic rings. The van der Waals surface area contributed by atoms with Crippen LogP contribution in [0.4, 0.5) is 0 Å². The van der Waals surface area contributed by atoms with E-state index in [-0.39, 0.29) is 12.1 Å². The van der Waals surface area contributed by atoms with Crippen LogP contribution in [0, 0.1) is 20.8 Å². The summed E-state index contributed by atoms with van der Waals surface area (Å²) >= 11 is 12.1. The van der Waals surface area contributed by atoms with Crippen molar-refractivity contribution in [2.75, 3.05) is 6.54 Å². The number of nitrogens with one attached hydrogen (secondary N) is 1. The summed E-state index contributed by atoms with van der Waals surface area (Å²) in [5.41, 5.74) is 7.00. The van der Waals surface area contributed by atoms with Crippen molar-refractivity contribution >= 4 is 28.9 Å². The summed E-state index contributed by atoms with van der Waals surface area (Å²) in [5, 5.41) is 5.11. The lowest BCUT2D eigenvalue weighted by atomic mass is 9.96. The number of hydrogen-bond acceptors (Lipinski definition) is 2. The summed E-state index contributed by atoms with van der Waals surface area (Å²) in [6.07, 6.45) is 4.07. The Bertz CT molecular complexity index is 1090. The van der Waals surface area contributed by atoms with Crippen LogP contribution in [-0.4, -0.2) is 26.1 Å². The highest BCUT2D eigenvalue weighted by atomic mass is 35.5. The number of aromatic nitrogens is 2. The number of benzene rings is 1. The fourth-order valence-corrected chi connectivity index (χ4v) is 5.09. The van der Waals surface area contributed by atoms with E-state index in [2.05, 4.69) is 65.7 Å². The number of nitrogens with zero attached hydrogens (tertiary/aromatic N) is 3. The first-order valence-corrected chi connectivity index (χ1v) is 11.6. The molecule has 4 nitrogen and oxygen atoms in total. The number of pyridine rings is 1. The zero-order valence-corrected chi connectivity index (χ0v) is 20.1. The molecule has 2 atom stereocenters. The van der Waals surface area contributed by atoms with Gasteiger partial charge in [-0.15, -0.1) is 0 Å². The molecule has 2 unspecified atom stereocenters. The van der Waals surface area contributed by atoms with E-state index in [0.717, 1.165) is 40.9 Å². The molecule has 1 aliphatic heterocycles. The average Bonchev–Trinajstić information content (AvgIpc) is 3.24. The summed E-state index contributed by atoms with van der Waals surface area (Å²) in [5.74, 6) is 0. The molecule has 0 radical (unpaired) electrons. The van der Waals surface area contributed by atoms with Gasteiger partial charge in [-0.3, -0.25) is 4.98 Å². The SMILES string of the molecule is CCCCN1C(=S)NC(c2ccccn2)C1c1cc(C)n(-c2cc(Cl)ccc2C)c1C. The molecule has 1 fully saturated rings. The number of rotatable bonds is 6. The van der Waals surface area contributed by atoms with Crippen LogP contribution in [0.25, 0.3) is 5.69 Å². The molecule has 2 aromatic heterocycles. The smallest absolute Gasteiger partial charge is 0.170 e. The van der Waals surface area contributed by atoms with Gasteiger partial charge < -0.3 is 14.8 Å². The van der Waals surface area contributed by atoms with Crippen molar-refractivity contribution in [3.8, 4) is 5.69 Å². The summed E-state index contributed by atoms with van der Waals surface area (Å²) in [6, 6.07) is 14.5. The van der Waals surface area contributed by atoms with E-state index < -0.39 is 0 Å². The van der Waals surface area contributed by atoms with Crippen molar-refractivity contribution in [2.45, 2.75) is 52.6 Å². The molecule has 162 valence electrons. The van der Waals surface area contributed by atoms with E-state index in [1.807, 2.05) is 30.5 Å². The topological polar surface area (TPSA) is 33.1 Å². The van der Waals surface area contributed by atoms with Gasteiger partial charge in [0.25, 0.3) is 0 Å². The van der Waals surface area contributed by atoms with Gasteiger partial charge in [-0.2, -0.15) is 0 Å². The van der Waals surface area contributed by atoms with E-state index in [1.165, 1.54) is 22.5 Å². The van der Waals surface area contributed by atoms with Crippen LogP contribution in [0.15, 0.2) is 48.7 Å². The third-order valence-electron chi connectivity index (χ3n) is 6.15. The molecule has 6 heteroatoms. The van der Waals surface area contributed by atoms with Crippen LogP contribution >= 0.6 is 23.8 Å². The molecule has 0 spiro atoms. The van der Waals surface area contributed by atoms with Crippen molar-refractivity contribution in [3.63, 3.8) is 0 Å². The lowest BCUT2D eigenvalue weighted by Crippen LogP contribution is -2.30. The number of halogens is 1. The molecule has 1 aliphatic rings. The van der Waals surface area contributed by atoms with Crippen molar-refractivity contribution in [1.82, 2.24) is 19.8 Å². The van der Waals surface area contributed by atoms with Gasteiger partial charge in [0, 0.05) is 34.8 Å². The van der Waals surface area contributed by atoms with Crippen LogP contribution < -0.4 is 5.32 Å². The van der Waals surface area contributed by atoms with Crippen molar-refractivity contribution in [1.29, 1.82) is 0 Å². The van der Waals surface area contributed by atoms with Crippen LogP contribution in [0.1, 0.15) is 60.1 Å². The predicted octanol–water partition coefficient (Wildman–Crippen LogP) is 6.22. The first kappa shape index (κ1) is 21.8. The maximum Gasteiger partial charge on any atom is 0.170 e. The second kappa shape index (κ2) is 9.01.